The molecule has 38 heavy (non-hydrogen) atoms. The summed E-state index contributed by atoms with van der Waals surface area (Å²) in [6, 6.07) is 12.8. The number of benzene rings is 2. The van der Waals surface area contributed by atoms with Crippen LogP contribution in [-0.4, -0.2) is 51.1 Å². The molecule has 0 spiro atoms. The maximum Gasteiger partial charge on any atom is 0.254 e. The van der Waals surface area contributed by atoms with Gasteiger partial charge in [-0.2, -0.15) is 10.1 Å². The first-order valence-electron chi connectivity index (χ1n) is 13.0. The highest BCUT2D eigenvalue weighted by Gasteiger charge is 2.41. The van der Waals surface area contributed by atoms with E-state index in [4.69, 9.17) is 4.98 Å². The first kappa shape index (κ1) is 23.9. The lowest BCUT2D eigenvalue weighted by atomic mass is 9.92. The molecule has 0 saturated heterocycles. The molecule has 2 aromatic carbocycles. The minimum atomic E-state index is -0.417. The van der Waals surface area contributed by atoms with Gasteiger partial charge in [0.2, 0.25) is 5.95 Å². The fourth-order valence-corrected chi connectivity index (χ4v) is 5.58. The second kappa shape index (κ2) is 9.77. The Morgan fingerprint density at radius 1 is 1.08 bits per heavy atom. The third kappa shape index (κ3) is 4.21. The molecular weight excluding hydrogens is 480 g/mol. The number of nitrogens with zero attached hydrogens (tertiary/aromatic N) is 5. The first-order chi connectivity index (χ1) is 18.5. The number of amides is 2. The van der Waals surface area contributed by atoms with Crippen LogP contribution in [0, 0.1) is 0 Å². The molecular formula is C28H30N8O2. The minimum absolute atomic E-state index is 0.0631. The van der Waals surface area contributed by atoms with Gasteiger partial charge in [0.25, 0.3) is 11.8 Å². The smallest absolute Gasteiger partial charge is 0.254 e. The van der Waals surface area contributed by atoms with Crippen LogP contribution in [0.15, 0.2) is 54.9 Å². The average molecular weight is 511 g/mol. The molecule has 4 aromatic rings. The summed E-state index contributed by atoms with van der Waals surface area (Å²) in [5.41, 5.74) is 3.51. The van der Waals surface area contributed by atoms with Crippen LogP contribution in [0.2, 0.25) is 0 Å². The first-order valence-corrected chi connectivity index (χ1v) is 13.0. The lowest BCUT2D eigenvalue weighted by molar-refractivity contribution is -0.119. The Morgan fingerprint density at radius 3 is 2.74 bits per heavy atom. The maximum atomic E-state index is 13.9. The van der Waals surface area contributed by atoms with Gasteiger partial charge in [0, 0.05) is 35.4 Å². The van der Waals surface area contributed by atoms with E-state index in [1.54, 1.807) is 42.5 Å². The fourth-order valence-electron chi connectivity index (χ4n) is 5.58. The molecule has 1 fully saturated rings. The number of aromatic nitrogens is 4. The third-order valence-electron chi connectivity index (χ3n) is 7.49. The molecule has 1 atom stereocenters. The average Bonchev–Trinajstić information content (AvgIpc) is 3.42. The van der Waals surface area contributed by atoms with E-state index >= 15 is 0 Å². The third-order valence-corrected chi connectivity index (χ3v) is 7.49. The van der Waals surface area contributed by atoms with Crippen molar-refractivity contribution in [3.63, 3.8) is 0 Å². The van der Waals surface area contributed by atoms with Gasteiger partial charge >= 0.3 is 0 Å². The number of fused-ring (bicyclic) bond motifs is 2. The van der Waals surface area contributed by atoms with Crippen molar-refractivity contribution < 1.29 is 9.59 Å². The second-order valence-electron chi connectivity index (χ2n) is 9.88. The number of hydrogen-bond donors (Lipinski definition) is 3. The Labute approximate surface area is 220 Å². The molecule has 0 bridgehead atoms. The number of nitrogens with one attached hydrogen (secondary N) is 3. The number of anilines is 5. The Morgan fingerprint density at radius 2 is 1.92 bits per heavy atom. The van der Waals surface area contributed by atoms with Crippen molar-refractivity contribution in [2.75, 3.05) is 22.2 Å². The minimum Gasteiger partial charge on any atom is -0.355 e. The van der Waals surface area contributed by atoms with E-state index in [9.17, 15) is 9.59 Å². The largest absolute Gasteiger partial charge is 0.355 e. The summed E-state index contributed by atoms with van der Waals surface area (Å²) in [4.78, 5) is 39.6. The van der Waals surface area contributed by atoms with E-state index in [1.807, 2.05) is 31.2 Å². The quantitative estimate of drug-likeness (QED) is 0.357. The lowest BCUT2D eigenvalue weighted by Gasteiger charge is -2.45. The highest BCUT2D eigenvalue weighted by Crippen LogP contribution is 2.42. The predicted molar refractivity (Wildman–Crippen MR) is 147 cm³/mol. The molecule has 6 rings (SSSR count). The fraction of sp³-hybridized carbons (Fsp3) is 0.321. The van der Waals surface area contributed by atoms with E-state index in [-0.39, 0.29) is 17.9 Å². The van der Waals surface area contributed by atoms with Gasteiger partial charge in [0.1, 0.15) is 11.7 Å². The number of hydrogen-bond acceptors (Lipinski definition) is 7. The normalized spacial score (nSPS) is 17.9. The van der Waals surface area contributed by atoms with Crippen LogP contribution in [0.1, 0.15) is 49.4 Å². The van der Waals surface area contributed by atoms with Gasteiger partial charge in [-0.25, -0.2) is 4.98 Å². The molecule has 0 radical (unpaired) electrons. The molecule has 10 heteroatoms. The number of H-pyrrole nitrogens is 1. The molecule has 1 aliphatic carbocycles. The topological polar surface area (TPSA) is 119 Å². The van der Waals surface area contributed by atoms with E-state index in [2.05, 4.69) is 30.7 Å². The molecule has 3 heterocycles. The van der Waals surface area contributed by atoms with Crippen LogP contribution < -0.4 is 20.4 Å². The van der Waals surface area contributed by atoms with Crippen molar-refractivity contribution in [1.29, 1.82) is 0 Å². The van der Waals surface area contributed by atoms with Gasteiger partial charge in [0.05, 0.1) is 17.9 Å². The van der Waals surface area contributed by atoms with Crippen LogP contribution in [0.3, 0.4) is 0 Å². The van der Waals surface area contributed by atoms with Gasteiger partial charge in [-0.1, -0.05) is 25.3 Å². The standard InChI is InChI=1S/C28H30N8O2/c1-17-27(38)36(22-10-6-7-18(14-22)26(37)29-2)24-16-30-28(32-20-11-12-23-19(13-20)15-31-34-23)33-25(24)35(17)21-8-4-3-5-9-21/h6-7,10-17,21H,3-5,8-9H2,1-2H3,(H,29,37)(H,31,34)(H,30,32,33)/t17-/m1/s1. The SMILES string of the molecule is CNC(=O)c1cccc(N2C(=O)[C@@H](C)N(C3CCCCC3)c3nc(Nc4ccc5[nH]ncc5c4)ncc32)c1. The molecule has 1 saturated carbocycles. The van der Waals surface area contributed by atoms with Crippen molar-refractivity contribution in [3.8, 4) is 0 Å². The molecule has 3 N–H and O–H groups in total. The molecule has 1 aliphatic heterocycles. The Kier molecular flexibility index (Phi) is 6.15. The molecule has 2 aromatic heterocycles. The highest BCUT2D eigenvalue weighted by atomic mass is 16.2. The van der Waals surface area contributed by atoms with Gasteiger partial charge in [-0.3, -0.25) is 19.6 Å². The van der Waals surface area contributed by atoms with Crippen molar-refractivity contribution in [3.05, 3.63) is 60.4 Å². The maximum absolute atomic E-state index is 13.9. The zero-order valence-corrected chi connectivity index (χ0v) is 21.4. The predicted octanol–water partition coefficient (Wildman–Crippen LogP) is 4.66. The van der Waals surface area contributed by atoms with Crippen LogP contribution in [0.4, 0.5) is 28.8 Å². The number of rotatable bonds is 5. The zero-order chi connectivity index (χ0) is 26.2. The highest BCUT2D eigenvalue weighted by molar-refractivity contribution is 6.10. The van der Waals surface area contributed by atoms with Gasteiger partial charge in [-0.15, -0.1) is 0 Å². The van der Waals surface area contributed by atoms with E-state index in [0.29, 0.717) is 22.9 Å². The van der Waals surface area contributed by atoms with Crippen molar-refractivity contribution >= 4 is 51.5 Å². The summed E-state index contributed by atoms with van der Waals surface area (Å²) in [5, 5.41) is 14.0. The van der Waals surface area contributed by atoms with E-state index < -0.39 is 6.04 Å². The van der Waals surface area contributed by atoms with E-state index in [1.165, 1.54) is 6.42 Å². The van der Waals surface area contributed by atoms with Gasteiger partial charge in [0.15, 0.2) is 5.82 Å². The van der Waals surface area contributed by atoms with Crippen molar-refractivity contribution in [2.45, 2.75) is 51.1 Å². The van der Waals surface area contributed by atoms with Crippen molar-refractivity contribution in [1.82, 2.24) is 25.5 Å². The summed E-state index contributed by atoms with van der Waals surface area (Å²) < 4.78 is 0. The Bertz CT molecular complexity index is 1510. The molecule has 2 amide bonds. The summed E-state index contributed by atoms with van der Waals surface area (Å²) in [6.45, 7) is 1.94. The molecule has 10 nitrogen and oxygen atoms in total. The molecule has 0 unspecified atom stereocenters. The summed E-state index contributed by atoms with van der Waals surface area (Å²) >= 11 is 0. The van der Waals surface area contributed by atoms with Crippen LogP contribution >= 0.6 is 0 Å². The molecule has 194 valence electrons. The van der Waals surface area contributed by atoms with Gasteiger partial charge < -0.3 is 15.5 Å². The lowest BCUT2D eigenvalue weighted by Crippen LogP contribution is -2.55. The molecule has 2 aliphatic rings. The Hall–Kier alpha value is -4.47. The number of carbonyl (C=O) groups excluding carboxylic acids is 2. The monoisotopic (exact) mass is 510 g/mol. The summed E-state index contributed by atoms with van der Waals surface area (Å²) in [6.07, 6.45) is 9.00. The van der Waals surface area contributed by atoms with Gasteiger partial charge in [-0.05, 0) is 56.2 Å². The number of carbonyl (C=O) groups is 2. The van der Waals surface area contributed by atoms with Crippen LogP contribution in [-0.2, 0) is 4.79 Å². The van der Waals surface area contributed by atoms with Crippen LogP contribution in [0.25, 0.3) is 10.9 Å². The van der Waals surface area contributed by atoms with Crippen molar-refractivity contribution in [2.24, 2.45) is 0 Å². The second-order valence-corrected chi connectivity index (χ2v) is 9.88. The van der Waals surface area contributed by atoms with Crippen LogP contribution in [0.5, 0.6) is 0 Å². The zero-order valence-electron chi connectivity index (χ0n) is 21.4. The number of aromatic amines is 1. The van der Waals surface area contributed by atoms with E-state index in [0.717, 1.165) is 48.1 Å². The Balaban J connectivity index is 1.43. The summed E-state index contributed by atoms with van der Waals surface area (Å²) in [7, 11) is 1.59. The summed E-state index contributed by atoms with van der Waals surface area (Å²) in [5.74, 6) is 0.898.